The zero-order valence-corrected chi connectivity index (χ0v) is 12.6. The Bertz CT molecular complexity index is 741. The number of anilines is 2. The van der Waals surface area contributed by atoms with E-state index in [-0.39, 0.29) is 11.8 Å². The van der Waals surface area contributed by atoms with Crippen molar-refractivity contribution in [3.8, 4) is 0 Å². The van der Waals surface area contributed by atoms with Gasteiger partial charge in [0.2, 0.25) is 5.91 Å². The fourth-order valence-electron chi connectivity index (χ4n) is 2.62. The molecule has 0 atom stereocenters. The SMILES string of the molecule is O=C(/C=C/C(=O)N1CCCc2ccccc21)Nc1cccnc1. The van der Waals surface area contributed by atoms with Crippen molar-refractivity contribution < 1.29 is 9.59 Å². The van der Waals surface area contributed by atoms with Gasteiger partial charge in [0.15, 0.2) is 0 Å². The van der Waals surface area contributed by atoms with E-state index in [1.54, 1.807) is 29.4 Å². The predicted octanol–water partition coefficient (Wildman–Crippen LogP) is 2.56. The van der Waals surface area contributed by atoms with Gasteiger partial charge in [-0.2, -0.15) is 0 Å². The first-order valence-electron chi connectivity index (χ1n) is 7.52. The molecule has 0 bridgehead atoms. The maximum atomic E-state index is 12.4. The van der Waals surface area contributed by atoms with Gasteiger partial charge in [-0.25, -0.2) is 0 Å². The number of carbonyl (C=O) groups is 2. The second-order valence-corrected chi connectivity index (χ2v) is 5.29. The third-order valence-corrected chi connectivity index (χ3v) is 3.68. The molecule has 0 fully saturated rings. The van der Waals surface area contributed by atoms with Gasteiger partial charge in [-0.15, -0.1) is 0 Å². The highest BCUT2D eigenvalue weighted by Gasteiger charge is 2.20. The molecule has 0 unspecified atom stereocenters. The molecule has 5 nitrogen and oxygen atoms in total. The van der Waals surface area contributed by atoms with Gasteiger partial charge in [0.1, 0.15) is 0 Å². The van der Waals surface area contributed by atoms with Crippen molar-refractivity contribution in [2.45, 2.75) is 12.8 Å². The van der Waals surface area contributed by atoms with Crippen LogP contribution >= 0.6 is 0 Å². The normalized spacial score (nSPS) is 13.7. The Morgan fingerprint density at radius 2 is 2.00 bits per heavy atom. The first-order valence-corrected chi connectivity index (χ1v) is 7.52. The zero-order valence-electron chi connectivity index (χ0n) is 12.6. The fourth-order valence-corrected chi connectivity index (χ4v) is 2.62. The van der Waals surface area contributed by atoms with Gasteiger partial charge in [-0.3, -0.25) is 14.6 Å². The van der Waals surface area contributed by atoms with E-state index in [1.165, 1.54) is 17.7 Å². The highest BCUT2D eigenvalue weighted by Crippen LogP contribution is 2.26. The molecule has 1 aliphatic rings. The molecule has 0 radical (unpaired) electrons. The summed E-state index contributed by atoms with van der Waals surface area (Å²) in [4.78, 5) is 29.8. The smallest absolute Gasteiger partial charge is 0.251 e. The molecule has 0 saturated carbocycles. The van der Waals surface area contributed by atoms with Gasteiger partial charge in [-0.05, 0) is 36.6 Å². The Balaban J connectivity index is 1.66. The van der Waals surface area contributed by atoms with Gasteiger partial charge in [0.05, 0.1) is 11.9 Å². The lowest BCUT2D eigenvalue weighted by molar-refractivity contribution is -0.115. The van der Waals surface area contributed by atoms with E-state index in [1.807, 2.05) is 24.3 Å². The van der Waals surface area contributed by atoms with Crippen molar-refractivity contribution in [2.75, 3.05) is 16.8 Å². The largest absolute Gasteiger partial charge is 0.321 e. The number of rotatable bonds is 3. The number of hydrogen-bond acceptors (Lipinski definition) is 3. The summed E-state index contributed by atoms with van der Waals surface area (Å²) < 4.78 is 0. The van der Waals surface area contributed by atoms with Crippen LogP contribution in [0.1, 0.15) is 12.0 Å². The minimum atomic E-state index is -0.350. The Morgan fingerprint density at radius 3 is 2.83 bits per heavy atom. The quantitative estimate of drug-likeness (QED) is 0.886. The fraction of sp³-hybridized carbons (Fsp3) is 0.167. The zero-order chi connectivity index (χ0) is 16.1. The lowest BCUT2D eigenvalue weighted by atomic mass is 10.0. The van der Waals surface area contributed by atoms with Crippen molar-refractivity contribution in [3.05, 3.63) is 66.5 Å². The van der Waals surface area contributed by atoms with E-state index in [4.69, 9.17) is 0 Å². The number of aryl methyl sites for hydroxylation is 1. The van der Waals surface area contributed by atoms with E-state index in [2.05, 4.69) is 10.3 Å². The van der Waals surface area contributed by atoms with E-state index in [0.717, 1.165) is 18.5 Å². The van der Waals surface area contributed by atoms with Crippen LogP contribution < -0.4 is 10.2 Å². The molecular formula is C18H17N3O2. The highest BCUT2D eigenvalue weighted by molar-refractivity contribution is 6.08. The number of benzene rings is 1. The summed E-state index contributed by atoms with van der Waals surface area (Å²) in [5.74, 6) is -0.532. The maximum Gasteiger partial charge on any atom is 0.251 e. The van der Waals surface area contributed by atoms with Crippen LogP contribution in [-0.4, -0.2) is 23.3 Å². The number of hydrogen-bond donors (Lipinski definition) is 1. The molecule has 1 N–H and O–H groups in total. The number of carbonyl (C=O) groups excluding carboxylic acids is 2. The van der Waals surface area contributed by atoms with Crippen molar-refractivity contribution in [1.82, 2.24) is 4.98 Å². The van der Waals surface area contributed by atoms with Crippen molar-refractivity contribution in [2.24, 2.45) is 0 Å². The van der Waals surface area contributed by atoms with Crippen LogP contribution in [0.3, 0.4) is 0 Å². The Labute approximate surface area is 134 Å². The van der Waals surface area contributed by atoms with Gasteiger partial charge >= 0.3 is 0 Å². The monoisotopic (exact) mass is 307 g/mol. The Hall–Kier alpha value is -2.95. The summed E-state index contributed by atoms with van der Waals surface area (Å²) in [6.45, 7) is 0.671. The molecule has 0 spiro atoms. The van der Waals surface area contributed by atoms with Crippen molar-refractivity contribution in [3.63, 3.8) is 0 Å². The number of nitrogens with zero attached hydrogens (tertiary/aromatic N) is 2. The number of para-hydroxylation sites is 1. The van der Waals surface area contributed by atoms with Crippen LogP contribution in [0.2, 0.25) is 0 Å². The lowest BCUT2D eigenvalue weighted by Gasteiger charge is -2.28. The molecule has 23 heavy (non-hydrogen) atoms. The number of amides is 2. The second-order valence-electron chi connectivity index (χ2n) is 5.29. The first-order chi connectivity index (χ1) is 11.2. The van der Waals surface area contributed by atoms with Crippen LogP contribution in [0.4, 0.5) is 11.4 Å². The topological polar surface area (TPSA) is 62.3 Å². The molecule has 116 valence electrons. The van der Waals surface area contributed by atoms with Gasteiger partial charge in [0, 0.05) is 30.6 Å². The summed E-state index contributed by atoms with van der Waals surface area (Å²) in [5, 5.41) is 2.66. The lowest BCUT2D eigenvalue weighted by Crippen LogP contribution is -2.34. The number of nitrogens with one attached hydrogen (secondary N) is 1. The van der Waals surface area contributed by atoms with Crippen LogP contribution in [0.5, 0.6) is 0 Å². The Kier molecular flexibility index (Phi) is 4.47. The van der Waals surface area contributed by atoms with Crippen molar-refractivity contribution >= 4 is 23.2 Å². The van der Waals surface area contributed by atoms with Crippen LogP contribution in [0.15, 0.2) is 60.9 Å². The van der Waals surface area contributed by atoms with Crippen LogP contribution in [0.25, 0.3) is 0 Å². The molecule has 5 heteroatoms. The minimum absolute atomic E-state index is 0.182. The standard InChI is InChI=1S/C18H17N3O2/c22-17(20-15-7-3-11-19-13-15)9-10-18(23)21-12-4-6-14-5-1-2-8-16(14)21/h1-3,5,7-11,13H,4,6,12H2,(H,20,22)/b10-9+. The third-order valence-electron chi connectivity index (χ3n) is 3.68. The van der Waals surface area contributed by atoms with Crippen LogP contribution in [-0.2, 0) is 16.0 Å². The van der Waals surface area contributed by atoms with Crippen LogP contribution in [0, 0.1) is 0 Å². The first kappa shape index (κ1) is 15.0. The molecule has 0 aliphatic carbocycles. The number of aromatic nitrogens is 1. The van der Waals surface area contributed by atoms with Gasteiger partial charge in [-0.1, -0.05) is 18.2 Å². The molecule has 2 aromatic rings. The molecule has 3 rings (SSSR count). The molecule has 0 saturated heterocycles. The molecule has 1 aliphatic heterocycles. The highest BCUT2D eigenvalue weighted by atomic mass is 16.2. The second kappa shape index (κ2) is 6.87. The summed E-state index contributed by atoms with van der Waals surface area (Å²) in [7, 11) is 0. The van der Waals surface area contributed by atoms with E-state index in [9.17, 15) is 9.59 Å². The average molecular weight is 307 g/mol. The summed E-state index contributed by atoms with van der Waals surface area (Å²) in [6, 6.07) is 11.3. The van der Waals surface area contributed by atoms with E-state index < -0.39 is 0 Å². The third kappa shape index (κ3) is 3.63. The van der Waals surface area contributed by atoms with E-state index >= 15 is 0 Å². The Morgan fingerprint density at radius 1 is 1.13 bits per heavy atom. The number of fused-ring (bicyclic) bond motifs is 1. The van der Waals surface area contributed by atoms with Crippen molar-refractivity contribution in [1.29, 1.82) is 0 Å². The summed E-state index contributed by atoms with van der Waals surface area (Å²) in [6.07, 6.45) is 7.65. The average Bonchev–Trinajstić information content (AvgIpc) is 2.60. The number of pyridine rings is 1. The van der Waals surface area contributed by atoms with Gasteiger partial charge < -0.3 is 10.2 Å². The summed E-state index contributed by atoms with van der Waals surface area (Å²) in [5.41, 5.74) is 2.69. The molecule has 1 aromatic heterocycles. The molecule has 2 amide bonds. The van der Waals surface area contributed by atoms with Gasteiger partial charge in [0.25, 0.3) is 5.91 Å². The summed E-state index contributed by atoms with van der Waals surface area (Å²) >= 11 is 0. The maximum absolute atomic E-state index is 12.4. The van der Waals surface area contributed by atoms with E-state index in [0.29, 0.717) is 12.2 Å². The molecular weight excluding hydrogens is 290 g/mol. The molecule has 1 aromatic carbocycles. The predicted molar refractivity (Wildman–Crippen MR) is 89.1 cm³/mol. The molecule has 2 heterocycles. The minimum Gasteiger partial charge on any atom is -0.321 e.